The highest BCUT2D eigenvalue weighted by Crippen LogP contribution is 2.35. The summed E-state index contributed by atoms with van der Waals surface area (Å²) >= 11 is 5.30. The number of rotatable bonds is 4. The summed E-state index contributed by atoms with van der Waals surface area (Å²) in [6, 6.07) is 6.53. The number of nitrogens with one attached hydrogen (secondary N) is 1. The first-order valence-corrected chi connectivity index (χ1v) is 7.94. The van der Waals surface area contributed by atoms with Crippen molar-refractivity contribution in [2.24, 2.45) is 0 Å². The molecule has 0 radical (unpaired) electrons. The van der Waals surface area contributed by atoms with Gasteiger partial charge in [0.25, 0.3) is 0 Å². The molecule has 0 fully saturated rings. The second-order valence-electron chi connectivity index (χ2n) is 5.26. The van der Waals surface area contributed by atoms with Gasteiger partial charge < -0.3 is 14.8 Å². The largest absolute Gasteiger partial charge is 0.497 e. The van der Waals surface area contributed by atoms with E-state index >= 15 is 0 Å². The average Bonchev–Trinajstić information content (AvgIpc) is 2.53. The molecular formula is C17H20N2O4S. The van der Waals surface area contributed by atoms with E-state index in [4.69, 9.17) is 21.7 Å². The standard InChI is InChI=1S/C17H20N2O4S/c1-5-23-16(21)14-10(2)18-17(24)19(11(3)20)15(14)12-7-6-8-13(9-12)22-4/h6-9,15H,5H2,1-4H3,(H,18,24)/t15-/m0/s1. The van der Waals surface area contributed by atoms with Crippen LogP contribution in [0.25, 0.3) is 0 Å². The molecule has 1 aromatic carbocycles. The van der Waals surface area contributed by atoms with Gasteiger partial charge in [-0.1, -0.05) is 12.1 Å². The van der Waals surface area contributed by atoms with Crippen LogP contribution in [0.4, 0.5) is 0 Å². The van der Waals surface area contributed by atoms with Crippen LogP contribution in [0.15, 0.2) is 35.5 Å². The molecule has 0 aromatic heterocycles. The van der Waals surface area contributed by atoms with Crippen molar-refractivity contribution in [2.75, 3.05) is 13.7 Å². The molecule has 128 valence electrons. The first kappa shape index (κ1) is 17.9. The third kappa shape index (κ3) is 3.41. The molecule has 7 heteroatoms. The van der Waals surface area contributed by atoms with Gasteiger partial charge in [0.05, 0.1) is 25.3 Å². The Morgan fingerprint density at radius 1 is 1.38 bits per heavy atom. The number of carbonyl (C=O) groups excluding carboxylic acids is 2. The van der Waals surface area contributed by atoms with E-state index in [1.54, 1.807) is 39.2 Å². The van der Waals surface area contributed by atoms with Crippen molar-refractivity contribution in [3.63, 3.8) is 0 Å². The molecule has 6 nitrogen and oxygen atoms in total. The maximum Gasteiger partial charge on any atom is 0.338 e. The monoisotopic (exact) mass is 348 g/mol. The lowest BCUT2D eigenvalue weighted by molar-refractivity contribution is -0.139. The Bertz CT molecular complexity index is 714. The molecule has 1 aliphatic rings. The van der Waals surface area contributed by atoms with E-state index in [9.17, 15) is 9.59 Å². The zero-order valence-electron chi connectivity index (χ0n) is 14.1. The minimum atomic E-state index is -0.662. The number of hydrogen-bond acceptors (Lipinski definition) is 5. The third-order valence-corrected chi connectivity index (χ3v) is 3.99. The molecule has 0 bridgehead atoms. The van der Waals surface area contributed by atoms with Gasteiger partial charge in [0.2, 0.25) is 5.91 Å². The van der Waals surface area contributed by atoms with E-state index < -0.39 is 12.0 Å². The number of allylic oxidation sites excluding steroid dienone is 1. The Morgan fingerprint density at radius 2 is 2.08 bits per heavy atom. The fourth-order valence-electron chi connectivity index (χ4n) is 2.67. The van der Waals surface area contributed by atoms with E-state index in [1.165, 1.54) is 11.8 Å². The van der Waals surface area contributed by atoms with Crippen LogP contribution < -0.4 is 10.1 Å². The lowest BCUT2D eigenvalue weighted by Gasteiger charge is -2.37. The molecule has 1 heterocycles. The molecule has 0 spiro atoms. The Balaban J connectivity index is 2.63. The molecular weight excluding hydrogens is 328 g/mol. The molecule has 0 unspecified atom stereocenters. The molecule has 1 N–H and O–H groups in total. The van der Waals surface area contributed by atoms with Gasteiger partial charge in [0, 0.05) is 12.6 Å². The van der Waals surface area contributed by atoms with Crippen molar-refractivity contribution in [1.29, 1.82) is 0 Å². The Morgan fingerprint density at radius 3 is 2.67 bits per heavy atom. The van der Waals surface area contributed by atoms with Crippen LogP contribution >= 0.6 is 12.2 Å². The minimum Gasteiger partial charge on any atom is -0.497 e. The van der Waals surface area contributed by atoms with Gasteiger partial charge in [0.15, 0.2) is 5.11 Å². The van der Waals surface area contributed by atoms with Gasteiger partial charge in [-0.15, -0.1) is 0 Å². The zero-order chi connectivity index (χ0) is 17.9. The number of amides is 1. The van der Waals surface area contributed by atoms with Gasteiger partial charge >= 0.3 is 5.97 Å². The van der Waals surface area contributed by atoms with E-state index in [0.717, 1.165) is 5.56 Å². The Hall–Kier alpha value is -2.41. The van der Waals surface area contributed by atoms with Crippen LogP contribution in [0.3, 0.4) is 0 Å². The fraction of sp³-hybridized carbons (Fsp3) is 0.353. The van der Waals surface area contributed by atoms with Gasteiger partial charge in [-0.05, 0) is 43.8 Å². The van der Waals surface area contributed by atoms with E-state index in [-0.39, 0.29) is 17.6 Å². The van der Waals surface area contributed by atoms with Crippen LogP contribution in [-0.2, 0) is 14.3 Å². The number of nitrogens with zero attached hydrogens (tertiary/aromatic N) is 1. The summed E-state index contributed by atoms with van der Waals surface area (Å²) in [5, 5.41) is 3.16. The van der Waals surface area contributed by atoms with Crippen molar-refractivity contribution in [3.05, 3.63) is 41.1 Å². The molecule has 1 atom stereocenters. The van der Waals surface area contributed by atoms with Gasteiger partial charge in [0.1, 0.15) is 5.75 Å². The highest BCUT2D eigenvalue weighted by Gasteiger charge is 2.38. The third-order valence-electron chi connectivity index (χ3n) is 3.69. The summed E-state index contributed by atoms with van der Waals surface area (Å²) in [6.07, 6.45) is 0. The van der Waals surface area contributed by atoms with Gasteiger partial charge in [-0.3, -0.25) is 9.69 Å². The number of benzene rings is 1. The first-order valence-electron chi connectivity index (χ1n) is 7.53. The van der Waals surface area contributed by atoms with Crippen molar-refractivity contribution in [1.82, 2.24) is 10.2 Å². The molecule has 1 aliphatic heterocycles. The molecule has 0 aliphatic carbocycles. The Kier molecular flexibility index (Phi) is 5.56. The predicted octanol–water partition coefficient (Wildman–Crippen LogP) is 2.31. The molecule has 1 aromatic rings. The highest BCUT2D eigenvalue weighted by molar-refractivity contribution is 7.80. The maximum absolute atomic E-state index is 12.5. The number of hydrogen-bond donors (Lipinski definition) is 1. The summed E-state index contributed by atoms with van der Waals surface area (Å²) in [4.78, 5) is 26.0. The molecule has 2 rings (SSSR count). The number of esters is 1. The van der Waals surface area contributed by atoms with Crippen molar-refractivity contribution >= 4 is 29.2 Å². The lowest BCUT2D eigenvalue weighted by atomic mass is 9.93. The average molecular weight is 348 g/mol. The number of carbonyl (C=O) groups is 2. The van der Waals surface area contributed by atoms with Crippen LogP contribution in [0.1, 0.15) is 32.4 Å². The van der Waals surface area contributed by atoms with Gasteiger partial charge in [-0.2, -0.15) is 0 Å². The summed E-state index contributed by atoms with van der Waals surface area (Å²) in [5.41, 5.74) is 1.65. The molecule has 0 saturated carbocycles. The molecule has 24 heavy (non-hydrogen) atoms. The van der Waals surface area contributed by atoms with E-state index in [2.05, 4.69) is 5.32 Å². The van der Waals surface area contributed by atoms with Crippen molar-refractivity contribution < 1.29 is 19.1 Å². The smallest absolute Gasteiger partial charge is 0.338 e. The normalized spacial score (nSPS) is 17.4. The summed E-state index contributed by atoms with van der Waals surface area (Å²) in [5.74, 6) is -0.125. The van der Waals surface area contributed by atoms with Crippen LogP contribution in [0, 0.1) is 0 Å². The molecule has 1 amide bonds. The first-order chi connectivity index (χ1) is 11.4. The molecule has 0 saturated heterocycles. The van der Waals surface area contributed by atoms with Crippen molar-refractivity contribution in [2.45, 2.75) is 26.8 Å². The topological polar surface area (TPSA) is 67.9 Å². The number of methoxy groups -OCH3 is 1. The lowest BCUT2D eigenvalue weighted by Crippen LogP contribution is -2.50. The highest BCUT2D eigenvalue weighted by atomic mass is 32.1. The van der Waals surface area contributed by atoms with Crippen molar-refractivity contribution in [3.8, 4) is 5.75 Å². The minimum absolute atomic E-state index is 0.241. The second-order valence-corrected chi connectivity index (χ2v) is 5.64. The number of ether oxygens (including phenoxy) is 2. The number of thiocarbonyl (C=S) groups is 1. The summed E-state index contributed by atoms with van der Waals surface area (Å²) in [7, 11) is 1.56. The van der Waals surface area contributed by atoms with Crippen LogP contribution in [-0.4, -0.2) is 35.6 Å². The Labute approximate surface area is 146 Å². The zero-order valence-corrected chi connectivity index (χ0v) is 14.9. The van der Waals surface area contributed by atoms with E-state index in [1.807, 2.05) is 6.07 Å². The van der Waals surface area contributed by atoms with Gasteiger partial charge in [-0.25, -0.2) is 4.79 Å². The van der Waals surface area contributed by atoms with E-state index in [0.29, 0.717) is 17.0 Å². The van der Waals surface area contributed by atoms with Crippen LogP contribution in [0.2, 0.25) is 0 Å². The SMILES string of the molecule is CCOC(=O)C1=C(C)NC(=S)N(C(C)=O)[C@H]1c1cccc(OC)c1. The second kappa shape index (κ2) is 7.44. The quantitative estimate of drug-likeness (QED) is 0.665. The maximum atomic E-state index is 12.5. The van der Waals surface area contributed by atoms with Crippen LogP contribution in [0.5, 0.6) is 5.75 Å². The predicted molar refractivity (Wildman–Crippen MR) is 93.3 cm³/mol. The summed E-state index contributed by atoms with van der Waals surface area (Å²) in [6.45, 7) is 5.12. The summed E-state index contributed by atoms with van der Waals surface area (Å²) < 4.78 is 10.4. The fourth-order valence-corrected chi connectivity index (χ4v) is 3.05.